The SMILES string of the molecule is N#C[C@]1(c2ccccc2)[NH2+][C@H]2c3ccccc3O[C@@H]3CCC[C@H]1[C@H]32. The van der Waals surface area contributed by atoms with Crippen LogP contribution < -0.4 is 10.1 Å². The zero-order valence-corrected chi connectivity index (χ0v) is 13.6. The third-order valence-electron chi connectivity index (χ3n) is 6.33. The quantitative estimate of drug-likeness (QED) is 0.879. The molecular weight excluding hydrogens is 296 g/mol. The van der Waals surface area contributed by atoms with Crippen molar-refractivity contribution in [1.82, 2.24) is 0 Å². The first-order chi connectivity index (χ1) is 11.8. The molecule has 2 heterocycles. The van der Waals surface area contributed by atoms with Gasteiger partial charge in [-0.05, 0) is 31.4 Å². The topological polar surface area (TPSA) is 49.6 Å². The smallest absolute Gasteiger partial charge is 0.212 e. The van der Waals surface area contributed by atoms with E-state index in [0.717, 1.165) is 30.6 Å². The number of nitrogens with zero attached hydrogens (tertiary/aromatic N) is 1. The van der Waals surface area contributed by atoms with Crippen LogP contribution in [0.25, 0.3) is 0 Å². The molecule has 1 saturated carbocycles. The first-order valence-corrected chi connectivity index (χ1v) is 8.92. The van der Waals surface area contributed by atoms with E-state index in [2.05, 4.69) is 53.9 Å². The van der Waals surface area contributed by atoms with Crippen molar-refractivity contribution < 1.29 is 10.1 Å². The molecule has 3 nitrogen and oxygen atoms in total. The number of ether oxygens (including phenoxy) is 1. The maximum atomic E-state index is 10.3. The molecule has 2 N–H and O–H groups in total. The molecule has 3 aliphatic rings. The van der Waals surface area contributed by atoms with Crippen LogP contribution in [-0.2, 0) is 5.54 Å². The van der Waals surface area contributed by atoms with Gasteiger partial charge in [0.15, 0.2) is 0 Å². The van der Waals surface area contributed by atoms with Crippen LogP contribution in [-0.4, -0.2) is 6.10 Å². The van der Waals surface area contributed by atoms with Crippen molar-refractivity contribution in [3.05, 3.63) is 65.7 Å². The minimum absolute atomic E-state index is 0.249. The molecule has 2 aromatic rings. The highest BCUT2D eigenvalue weighted by atomic mass is 16.5. The highest BCUT2D eigenvalue weighted by Gasteiger charge is 2.64. The molecule has 0 aromatic heterocycles. The Hall–Kier alpha value is -2.31. The molecule has 0 amide bonds. The predicted octanol–water partition coefficient (Wildman–Crippen LogP) is 2.90. The summed E-state index contributed by atoms with van der Waals surface area (Å²) >= 11 is 0. The van der Waals surface area contributed by atoms with Crippen LogP contribution in [0.5, 0.6) is 5.75 Å². The molecule has 0 spiro atoms. The van der Waals surface area contributed by atoms with E-state index in [9.17, 15) is 5.26 Å². The van der Waals surface area contributed by atoms with E-state index in [0.29, 0.717) is 17.9 Å². The Morgan fingerprint density at radius 1 is 1.04 bits per heavy atom. The lowest BCUT2D eigenvalue weighted by Gasteiger charge is -2.39. The summed E-state index contributed by atoms with van der Waals surface area (Å²) in [6, 6.07) is 21.8. The van der Waals surface area contributed by atoms with Crippen molar-refractivity contribution in [3.63, 3.8) is 0 Å². The Kier molecular flexibility index (Phi) is 2.98. The van der Waals surface area contributed by atoms with Gasteiger partial charge in [-0.25, -0.2) is 0 Å². The van der Waals surface area contributed by atoms with E-state index in [4.69, 9.17) is 4.74 Å². The number of quaternary nitrogens is 1. The maximum absolute atomic E-state index is 10.3. The lowest BCUT2D eigenvalue weighted by Crippen LogP contribution is -2.93. The van der Waals surface area contributed by atoms with E-state index in [-0.39, 0.29) is 6.10 Å². The van der Waals surface area contributed by atoms with Crippen molar-refractivity contribution in [1.29, 1.82) is 5.26 Å². The maximum Gasteiger partial charge on any atom is 0.212 e. The molecule has 0 unspecified atom stereocenters. The third kappa shape index (κ3) is 1.75. The Bertz CT molecular complexity index is 812. The monoisotopic (exact) mass is 317 g/mol. The fourth-order valence-electron chi connectivity index (χ4n) is 5.38. The number of benzene rings is 2. The van der Waals surface area contributed by atoms with Crippen molar-refractivity contribution in [2.45, 2.75) is 36.9 Å². The fourth-order valence-corrected chi connectivity index (χ4v) is 5.38. The Balaban J connectivity index is 1.68. The summed E-state index contributed by atoms with van der Waals surface area (Å²) in [6.07, 6.45) is 3.61. The first kappa shape index (κ1) is 14.1. The number of hydrogen-bond donors (Lipinski definition) is 1. The second-order valence-electron chi connectivity index (χ2n) is 7.35. The van der Waals surface area contributed by atoms with Gasteiger partial charge in [-0.3, -0.25) is 0 Å². The van der Waals surface area contributed by atoms with Gasteiger partial charge >= 0.3 is 0 Å². The summed E-state index contributed by atoms with van der Waals surface area (Å²) in [7, 11) is 0. The summed E-state index contributed by atoms with van der Waals surface area (Å²) in [5.41, 5.74) is 1.92. The third-order valence-corrected chi connectivity index (χ3v) is 6.33. The molecule has 24 heavy (non-hydrogen) atoms. The van der Waals surface area contributed by atoms with E-state index in [1.165, 1.54) is 5.56 Å². The van der Waals surface area contributed by atoms with Gasteiger partial charge in [0, 0.05) is 11.5 Å². The fraction of sp³-hybridized carbons (Fsp3) is 0.381. The van der Waals surface area contributed by atoms with Crippen LogP contribution in [0.2, 0.25) is 0 Å². The van der Waals surface area contributed by atoms with E-state index in [1.807, 2.05) is 12.1 Å². The van der Waals surface area contributed by atoms with Gasteiger partial charge in [0.25, 0.3) is 0 Å². The van der Waals surface area contributed by atoms with E-state index in [1.54, 1.807) is 0 Å². The number of rotatable bonds is 1. The Labute approximate surface area is 142 Å². The van der Waals surface area contributed by atoms with Gasteiger partial charge in [0.2, 0.25) is 5.54 Å². The van der Waals surface area contributed by atoms with Crippen LogP contribution in [0.15, 0.2) is 54.6 Å². The second kappa shape index (κ2) is 5.09. The molecule has 0 bridgehead atoms. The zero-order valence-electron chi connectivity index (χ0n) is 13.6. The van der Waals surface area contributed by atoms with Gasteiger partial charge in [-0.15, -0.1) is 0 Å². The standard InChI is InChI=1S/C21H20N2O/c22-13-21(14-7-2-1-3-8-14)16-10-6-12-18-19(16)20(23-21)15-9-4-5-11-17(15)24-18/h1-5,7-9,11,16,18-20,23H,6,10,12H2/p+1/t16-,18+,19+,20-,21+/m0/s1. The summed E-state index contributed by atoms with van der Waals surface area (Å²) in [5, 5.41) is 12.6. The van der Waals surface area contributed by atoms with Crippen molar-refractivity contribution in [2.75, 3.05) is 0 Å². The average Bonchev–Trinajstić information content (AvgIpc) is 3.00. The number of fused-ring (bicyclic) bond motifs is 2. The predicted molar refractivity (Wildman–Crippen MR) is 90.1 cm³/mol. The summed E-state index contributed by atoms with van der Waals surface area (Å²) < 4.78 is 6.36. The van der Waals surface area contributed by atoms with Crippen LogP contribution >= 0.6 is 0 Å². The molecule has 5 atom stereocenters. The lowest BCUT2D eigenvalue weighted by atomic mass is 9.66. The van der Waals surface area contributed by atoms with Crippen molar-refractivity contribution >= 4 is 0 Å². The largest absolute Gasteiger partial charge is 0.489 e. The molecule has 120 valence electrons. The van der Waals surface area contributed by atoms with Crippen LogP contribution in [0.4, 0.5) is 0 Å². The summed E-state index contributed by atoms with van der Waals surface area (Å²) in [6.45, 7) is 0. The molecule has 2 fully saturated rings. The Morgan fingerprint density at radius 3 is 2.67 bits per heavy atom. The molecule has 3 heteroatoms. The van der Waals surface area contributed by atoms with Gasteiger partial charge in [-0.2, -0.15) is 5.26 Å². The van der Waals surface area contributed by atoms with Gasteiger partial charge in [0.05, 0.1) is 11.5 Å². The minimum atomic E-state index is -0.490. The molecule has 2 aromatic carbocycles. The number of nitrogens with two attached hydrogens (primary N) is 1. The number of para-hydroxylation sites is 1. The number of hydrogen-bond acceptors (Lipinski definition) is 2. The van der Waals surface area contributed by atoms with Gasteiger partial charge in [-0.1, -0.05) is 42.5 Å². The van der Waals surface area contributed by atoms with Gasteiger partial charge < -0.3 is 10.1 Å². The zero-order chi connectivity index (χ0) is 16.1. The van der Waals surface area contributed by atoms with Crippen LogP contribution in [0.3, 0.4) is 0 Å². The van der Waals surface area contributed by atoms with Crippen molar-refractivity contribution in [2.24, 2.45) is 11.8 Å². The van der Waals surface area contributed by atoms with E-state index < -0.39 is 5.54 Å². The lowest BCUT2D eigenvalue weighted by molar-refractivity contribution is -0.744. The van der Waals surface area contributed by atoms with Gasteiger partial charge in [0.1, 0.15) is 24.0 Å². The first-order valence-electron chi connectivity index (χ1n) is 8.92. The van der Waals surface area contributed by atoms with Crippen molar-refractivity contribution in [3.8, 4) is 11.8 Å². The average molecular weight is 317 g/mol. The Morgan fingerprint density at radius 2 is 1.83 bits per heavy atom. The molecular formula is C21H21N2O+. The highest BCUT2D eigenvalue weighted by Crippen LogP contribution is 2.53. The molecule has 1 saturated heterocycles. The molecule has 2 aliphatic heterocycles. The molecule has 0 radical (unpaired) electrons. The summed E-state index contributed by atoms with van der Waals surface area (Å²) in [5.74, 6) is 1.79. The highest BCUT2D eigenvalue weighted by molar-refractivity contribution is 5.41. The second-order valence-corrected chi connectivity index (χ2v) is 7.35. The van der Waals surface area contributed by atoms with Crippen LogP contribution in [0.1, 0.15) is 36.4 Å². The minimum Gasteiger partial charge on any atom is -0.489 e. The number of nitriles is 1. The molecule has 1 aliphatic carbocycles. The normalized spacial score (nSPS) is 36.1. The van der Waals surface area contributed by atoms with Crippen LogP contribution in [0, 0.1) is 23.2 Å². The van der Waals surface area contributed by atoms with E-state index >= 15 is 0 Å². The molecule has 5 rings (SSSR count). The summed E-state index contributed by atoms with van der Waals surface area (Å²) in [4.78, 5) is 0.